The van der Waals surface area contributed by atoms with Crippen molar-refractivity contribution in [2.45, 2.75) is 45.1 Å². The fourth-order valence-corrected chi connectivity index (χ4v) is 2.66. The zero-order valence-corrected chi connectivity index (χ0v) is 13.8. The molecule has 1 aromatic rings. The fraction of sp³-hybridized carbons (Fsp3) is 0.588. The summed E-state index contributed by atoms with van der Waals surface area (Å²) in [5.41, 5.74) is 0.768. The average Bonchev–Trinajstić information content (AvgIpc) is 2.79. The van der Waals surface area contributed by atoms with Gasteiger partial charge in [0, 0.05) is 26.7 Å². The molecule has 22 heavy (non-hydrogen) atoms. The molecule has 0 spiro atoms. The lowest BCUT2D eigenvalue weighted by molar-refractivity contribution is 0.0415. The molecule has 122 valence electrons. The number of carbonyl (C=O) groups excluding carboxylic acids is 1. The van der Waals surface area contributed by atoms with E-state index in [0.29, 0.717) is 0 Å². The van der Waals surface area contributed by atoms with Gasteiger partial charge in [0.25, 0.3) is 0 Å². The van der Waals surface area contributed by atoms with E-state index >= 15 is 0 Å². The highest BCUT2D eigenvalue weighted by molar-refractivity contribution is 5.68. The minimum absolute atomic E-state index is 0.0174. The van der Waals surface area contributed by atoms with Crippen LogP contribution in [0.25, 0.3) is 0 Å². The lowest BCUT2D eigenvalue weighted by atomic mass is 10.2. The van der Waals surface area contributed by atoms with Crippen LogP contribution in [0, 0.1) is 0 Å². The van der Waals surface area contributed by atoms with Crippen LogP contribution in [0.3, 0.4) is 0 Å². The Hall–Kier alpha value is -1.59. The molecule has 1 N–H and O–H groups in total. The van der Waals surface area contributed by atoms with E-state index in [1.54, 1.807) is 7.11 Å². The van der Waals surface area contributed by atoms with Crippen LogP contribution in [0.1, 0.15) is 26.3 Å². The topological polar surface area (TPSA) is 50.8 Å². The van der Waals surface area contributed by atoms with Crippen molar-refractivity contribution in [2.24, 2.45) is 0 Å². The van der Waals surface area contributed by atoms with Crippen molar-refractivity contribution in [2.75, 3.05) is 20.2 Å². The highest BCUT2D eigenvalue weighted by atomic mass is 16.6. The van der Waals surface area contributed by atoms with E-state index in [4.69, 9.17) is 9.47 Å². The molecule has 1 fully saturated rings. The smallest absolute Gasteiger partial charge is 0.408 e. The van der Waals surface area contributed by atoms with Crippen molar-refractivity contribution in [1.82, 2.24) is 10.2 Å². The monoisotopic (exact) mass is 306 g/mol. The lowest BCUT2D eigenvalue weighted by Gasteiger charge is -2.23. The first-order chi connectivity index (χ1) is 10.4. The van der Waals surface area contributed by atoms with Crippen molar-refractivity contribution in [1.29, 1.82) is 0 Å². The van der Waals surface area contributed by atoms with Crippen molar-refractivity contribution in [3.63, 3.8) is 0 Å². The number of rotatable bonds is 4. The molecule has 0 radical (unpaired) electrons. The summed E-state index contributed by atoms with van der Waals surface area (Å²) >= 11 is 0. The standard InChI is InChI=1S/C17H26N2O3/c1-17(2,3)22-16(20)18-14-11-19(12-15(14)21-4)10-13-8-6-5-7-9-13/h5-9,14-15H,10-12H2,1-4H3,(H,18,20)/t14-,15+/m0/s1. The van der Waals surface area contributed by atoms with Gasteiger partial charge in [-0.15, -0.1) is 0 Å². The Kier molecular flexibility index (Phi) is 5.42. The number of benzene rings is 1. The third-order valence-electron chi connectivity index (χ3n) is 3.60. The Morgan fingerprint density at radius 2 is 1.95 bits per heavy atom. The predicted octanol–water partition coefficient (Wildman–Crippen LogP) is 2.41. The third-order valence-corrected chi connectivity index (χ3v) is 3.60. The van der Waals surface area contributed by atoms with Gasteiger partial charge in [0.1, 0.15) is 5.60 Å². The Balaban J connectivity index is 1.90. The van der Waals surface area contributed by atoms with Crippen LogP contribution >= 0.6 is 0 Å². The molecule has 1 saturated heterocycles. The van der Waals surface area contributed by atoms with Crippen LogP contribution in [0.5, 0.6) is 0 Å². The van der Waals surface area contributed by atoms with Crippen LogP contribution in [0.4, 0.5) is 4.79 Å². The molecule has 1 aliphatic heterocycles. The van der Waals surface area contributed by atoms with Crippen LogP contribution in [0.15, 0.2) is 30.3 Å². The summed E-state index contributed by atoms with van der Waals surface area (Å²) in [6.07, 6.45) is -0.405. The maximum absolute atomic E-state index is 11.9. The van der Waals surface area contributed by atoms with Gasteiger partial charge in [-0.2, -0.15) is 0 Å². The molecule has 1 amide bonds. The van der Waals surface area contributed by atoms with Gasteiger partial charge in [-0.1, -0.05) is 30.3 Å². The second kappa shape index (κ2) is 7.11. The number of amides is 1. The van der Waals surface area contributed by atoms with Crippen LogP contribution in [-0.2, 0) is 16.0 Å². The number of likely N-dealkylation sites (tertiary alicyclic amines) is 1. The number of methoxy groups -OCH3 is 1. The first-order valence-electron chi connectivity index (χ1n) is 7.66. The zero-order chi connectivity index (χ0) is 16.2. The van der Waals surface area contributed by atoms with Crippen molar-refractivity contribution < 1.29 is 14.3 Å². The SMILES string of the molecule is CO[C@@H]1CN(Cc2ccccc2)C[C@@H]1NC(=O)OC(C)(C)C. The minimum Gasteiger partial charge on any atom is -0.444 e. The van der Waals surface area contributed by atoms with E-state index in [2.05, 4.69) is 22.3 Å². The summed E-state index contributed by atoms with van der Waals surface area (Å²) in [7, 11) is 1.68. The summed E-state index contributed by atoms with van der Waals surface area (Å²) in [5.74, 6) is 0. The number of alkyl carbamates (subject to hydrolysis) is 1. The van der Waals surface area contributed by atoms with Gasteiger partial charge in [-0.05, 0) is 26.3 Å². The predicted molar refractivity (Wildman–Crippen MR) is 85.7 cm³/mol. The van der Waals surface area contributed by atoms with Crippen molar-refractivity contribution in [3.8, 4) is 0 Å². The van der Waals surface area contributed by atoms with Gasteiger partial charge >= 0.3 is 6.09 Å². The van der Waals surface area contributed by atoms with Crippen LogP contribution < -0.4 is 5.32 Å². The molecule has 1 heterocycles. The number of nitrogens with zero attached hydrogens (tertiary/aromatic N) is 1. The summed E-state index contributed by atoms with van der Waals surface area (Å²) in [6, 6.07) is 10.2. The van der Waals surface area contributed by atoms with E-state index in [-0.39, 0.29) is 18.2 Å². The van der Waals surface area contributed by atoms with E-state index in [1.165, 1.54) is 5.56 Å². The average molecular weight is 306 g/mol. The summed E-state index contributed by atoms with van der Waals surface area (Å²) in [5, 5.41) is 2.92. The quantitative estimate of drug-likeness (QED) is 0.928. The van der Waals surface area contributed by atoms with Gasteiger partial charge in [-0.3, -0.25) is 4.90 Å². The van der Waals surface area contributed by atoms with Gasteiger partial charge in [0.05, 0.1) is 12.1 Å². The molecule has 0 aliphatic carbocycles. The Morgan fingerprint density at radius 3 is 2.55 bits per heavy atom. The molecule has 0 bridgehead atoms. The van der Waals surface area contributed by atoms with Gasteiger partial charge in [0.15, 0.2) is 0 Å². The van der Waals surface area contributed by atoms with E-state index < -0.39 is 5.60 Å². The zero-order valence-electron chi connectivity index (χ0n) is 13.8. The van der Waals surface area contributed by atoms with Crippen LogP contribution in [0.2, 0.25) is 0 Å². The van der Waals surface area contributed by atoms with E-state index in [9.17, 15) is 4.79 Å². The molecule has 5 nitrogen and oxygen atoms in total. The van der Waals surface area contributed by atoms with Crippen molar-refractivity contribution >= 4 is 6.09 Å². The number of nitrogens with one attached hydrogen (secondary N) is 1. The molecule has 2 rings (SSSR count). The van der Waals surface area contributed by atoms with Crippen molar-refractivity contribution in [3.05, 3.63) is 35.9 Å². The van der Waals surface area contributed by atoms with Gasteiger partial charge in [0.2, 0.25) is 0 Å². The molecule has 0 unspecified atom stereocenters. The number of carbonyl (C=O) groups is 1. The van der Waals surface area contributed by atoms with E-state index in [1.807, 2.05) is 39.0 Å². The van der Waals surface area contributed by atoms with Crippen LogP contribution in [-0.4, -0.2) is 48.9 Å². The molecule has 1 aliphatic rings. The number of hydrogen-bond donors (Lipinski definition) is 1. The van der Waals surface area contributed by atoms with Gasteiger partial charge in [-0.25, -0.2) is 4.79 Å². The molecule has 2 atom stereocenters. The fourth-order valence-electron chi connectivity index (χ4n) is 2.66. The summed E-state index contributed by atoms with van der Waals surface area (Å²) in [6.45, 7) is 7.98. The molecular weight excluding hydrogens is 280 g/mol. The molecule has 5 heteroatoms. The first kappa shape index (κ1) is 16.8. The largest absolute Gasteiger partial charge is 0.444 e. The minimum atomic E-state index is -0.491. The second-order valence-corrected chi connectivity index (χ2v) is 6.71. The summed E-state index contributed by atoms with van der Waals surface area (Å²) in [4.78, 5) is 14.2. The highest BCUT2D eigenvalue weighted by Crippen LogP contribution is 2.17. The number of ether oxygens (including phenoxy) is 2. The maximum atomic E-state index is 11.9. The Bertz CT molecular complexity index is 484. The highest BCUT2D eigenvalue weighted by Gasteiger charge is 2.34. The maximum Gasteiger partial charge on any atom is 0.408 e. The van der Waals surface area contributed by atoms with Gasteiger partial charge < -0.3 is 14.8 Å². The molecule has 0 saturated carbocycles. The normalized spacial score (nSPS) is 22.5. The molecule has 0 aromatic heterocycles. The van der Waals surface area contributed by atoms with E-state index in [0.717, 1.165) is 19.6 Å². The lowest BCUT2D eigenvalue weighted by Crippen LogP contribution is -2.45. The number of hydrogen-bond acceptors (Lipinski definition) is 4. The molecular formula is C17H26N2O3. The second-order valence-electron chi connectivity index (χ2n) is 6.71. The Labute approximate surface area is 132 Å². The first-order valence-corrected chi connectivity index (χ1v) is 7.66. The third kappa shape index (κ3) is 5.00. The summed E-state index contributed by atoms with van der Waals surface area (Å²) < 4.78 is 10.8. The molecule has 1 aromatic carbocycles. The Morgan fingerprint density at radius 1 is 1.27 bits per heavy atom.